The van der Waals surface area contributed by atoms with Gasteiger partial charge in [0, 0.05) is 50.3 Å². The Hall–Kier alpha value is -2.77. The number of nitrogens with zero attached hydrogens (tertiary/aromatic N) is 3. The third-order valence-corrected chi connectivity index (χ3v) is 8.45. The number of piperidine rings is 1. The first-order valence-corrected chi connectivity index (χ1v) is 14.4. The van der Waals surface area contributed by atoms with Crippen LogP contribution in [0.25, 0.3) is 0 Å². The molecule has 1 saturated heterocycles. The largest absolute Gasteiger partial charge is 0.299 e. The fourth-order valence-electron chi connectivity index (χ4n) is 6.05. The summed E-state index contributed by atoms with van der Waals surface area (Å²) < 4.78 is 0. The zero-order valence-corrected chi connectivity index (χ0v) is 25.2. The lowest BCUT2D eigenvalue weighted by Crippen LogP contribution is -2.33. The van der Waals surface area contributed by atoms with Crippen molar-refractivity contribution < 1.29 is 9.72 Å². The summed E-state index contributed by atoms with van der Waals surface area (Å²) in [7, 11) is 0. The van der Waals surface area contributed by atoms with Gasteiger partial charge >= 0.3 is 0 Å². The van der Waals surface area contributed by atoms with E-state index in [1.807, 2.05) is 18.2 Å². The number of likely N-dealkylation sites (tertiary alicyclic amines) is 1. The molecule has 2 aliphatic rings. The second-order valence-corrected chi connectivity index (χ2v) is 11.2. The van der Waals surface area contributed by atoms with Gasteiger partial charge in [-0.1, -0.05) is 54.6 Å². The summed E-state index contributed by atoms with van der Waals surface area (Å²) in [4.78, 5) is 28.5. The highest BCUT2D eigenvalue weighted by atomic mass is 35.5. The Labute approximate surface area is 256 Å². The first-order chi connectivity index (χ1) is 19.0. The summed E-state index contributed by atoms with van der Waals surface area (Å²) in [6, 6.07) is 24.0. The van der Waals surface area contributed by atoms with E-state index in [0.717, 1.165) is 88.9 Å². The molecule has 0 unspecified atom stereocenters. The molecule has 2 aliphatic heterocycles. The maximum atomic E-state index is 13.0. The van der Waals surface area contributed by atoms with Crippen LogP contribution in [0, 0.1) is 16.0 Å². The van der Waals surface area contributed by atoms with Crippen molar-refractivity contribution in [3.63, 3.8) is 0 Å². The Balaban J connectivity index is 0.00000231. The van der Waals surface area contributed by atoms with Crippen LogP contribution in [0.4, 0.5) is 5.69 Å². The Kier molecular flexibility index (Phi) is 12.8. The van der Waals surface area contributed by atoms with E-state index in [2.05, 4.69) is 52.3 Å². The molecule has 0 bridgehead atoms. The van der Waals surface area contributed by atoms with Crippen molar-refractivity contribution in [2.24, 2.45) is 5.92 Å². The van der Waals surface area contributed by atoms with Crippen LogP contribution < -0.4 is 0 Å². The number of rotatable bonds is 10. The second kappa shape index (κ2) is 16.0. The van der Waals surface area contributed by atoms with Crippen LogP contribution in [0.5, 0.6) is 0 Å². The molecule has 0 spiro atoms. The van der Waals surface area contributed by atoms with E-state index in [1.165, 1.54) is 16.7 Å². The zero-order chi connectivity index (χ0) is 27.0. The normalized spacial score (nSPS) is 16.1. The van der Waals surface area contributed by atoms with Gasteiger partial charge in [0.2, 0.25) is 0 Å². The minimum absolute atomic E-state index is 0. The van der Waals surface area contributed by atoms with Gasteiger partial charge in [0.15, 0.2) is 5.78 Å². The number of non-ortho nitro benzene ring substituents is 1. The molecule has 5 rings (SSSR count). The fourth-order valence-corrected chi connectivity index (χ4v) is 6.05. The maximum absolute atomic E-state index is 13.0. The summed E-state index contributed by atoms with van der Waals surface area (Å²) in [6.45, 7) is 6.00. The molecule has 41 heavy (non-hydrogen) atoms. The molecule has 0 atom stereocenters. The summed E-state index contributed by atoms with van der Waals surface area (Å²) >= 11 is 0. The van der Waals surface area contributed by atoms with Gasteiger partial charge in [-0.25, -0.2) is 0 Å². The summed E-state index contributed by atoms with van der Waals surface area (Å²) in [6.07, 6.45) is 7.03. The van der Waals surface area contributed by atoms with E-state index in [9.17, 15) is 14.9 Å². The smallest absolute Gasteiger partial charge is 0.269 e. The Bertz CT molecular complexity index is 1260. The number of hydrogen-bond acceptors (Lipinski definition) is 5. The number of benzene rings is 3. The quantitative estimate of drug-likeness (QED) is 0.139. The van der Waals surface area contributed by atoms with Crippen molar-refractivity contribution in [3.8, 4) is 0 Å². The van der Waals surface area contributed by atoms with Crippen molar-refractivity contribution >= 4 is 36.3 Å². The lowest BCUT2D eigenvalue weighted by Gasteiger charge is -2.32. The van der Waals surface area contributed by atoms with Gasteiger partial charge in [-0.05, 0) is 85.9 Å². The molecule has 8 heteroatoms. The molecule has 220 valence electrons. The van der Waals surface area contributed by atoms with Gasteiger partial charge in [-0.3, -0.25) is 24.7 Å². The Morgan fingerprint density at radius 2 is 1.39 bits per heavy atom. The fraction of sp³-hybridized carbons (Fsp3) is 0.424. The van der Waals surface area contributed by atoms with E-state index in [-0.39, 0.29) is 41.2 Å². The Morgan fingerprint density at radius 1 is 0.780 bits per heavy atom. The number of nitro groups is 1. The van der Waals surface area contributed by atoms with Gasteiger partial charge in [0.05, 0.1) is 4.92 Å². The minimum Gasteiger partial charge on any atom is -0.299 e. The standard InChI is InChI=1S/C33H39N3O3.2ClH/c37-33(8-4-7-26-15-19-34(20-16-26)25-28-9-13-32(14-10-28)36(38)39)31-12-11-29-17-21-35(22-18-30(29)23-31)24-27-5-2-1-3-6-27;;/h1-3,5-6,9-14,23,26H,4,7-8,15-22,24-25H2;2*1H. The number of nitro benzene ring substituents is 1. The van der Waals surface area contributed by atoms with Crippen molar-refractivity contribution in [3.05, 3.63) is 111 Å². The van der Waals surface area contributed by atoms with Crippen molar-refractivity contribution in [2.45, 2.75) is 58.0 Å². The molecule has 6 nitrogen and oxygen atoms in total. The van der Waals surface area contributed by atoms with Crippen LogP contribution in [0.2, 0.25) is 0 Å². The molecule has 0 saturated carbocycles. The number of hydrogen-bond donors (Lipinski definition) is 0. The lowest BCUT2D eigenvalue weighted by molar-refractivity contribution is -0.384. The number of Topliss-reactive ketones (excluding diaryl/α,β-unsaturated/α-hetero) is 1. The number of carbonyl (C=O) groups is 1. The number of carbonyl (C=O) groups excluding carboxylic acids is 1. The van der Waals surface area contributed by atoms with E-state index >= 15 is 0 Å². The van der Waals surface area contributed by atoms with Crippen LogP contribution in [0.3, 0.4) is 0 Å². The molecule has 0 radical (unpaired) electrons. The van der Waals surface area contributed by atoms with Crippen molar-refractivity contribution in [2.75, 3.05) is 26.2 Å². The molecular weight excluding hydrogens is 557 g/mol. The van der Waals surface area contributed by atoms with Crippen LogP contribution in [-0.4, -0.2) is 46.7 Å². The van der Waals surface area contributed by atoms with Gasteiger partial charge in [0.1, 0.15) is 0 Å². The number of fused-ring (bicyclic) bond motifs is 1. The molecular formula is C33H41Cl2N3O3. The van der Waals surface area contributed by atoms with E-state index < -0.39 is 0 Å². The second-order valence-electron chi connectivity index (χ2n) is 11.2. The van der Waals surface area contributed by atoms with Crippen molar-refractivity contribution in [1.82, 2.24) is 9.80 Å². The van der Waals surface area contributed by atoms with E-state index in [4.69, 9.17) is 0 Å². The van der Waals surface area contributed by atoms with Crippen LogP contribution in [0.1, 0.15) is 64.7 Å². The predicted octanol–water partition coefficient (Wildman–Crippen LogP) is 7.30. The lowest BCUT2D eigenvalue weighted by atomic mass is 9.90. The van der Waals surface area contributed by atoms with E-state index in [0.29, 0.717) is 12.3 Å². The van der Waals surface area contributed by atoms with Gasteiger partial charge in [0.25, 0.3) is 5.69 Å². The molecule has 0 amide bonds. The summed E-state index contributed by atoms with van der Waals surface area (Å²) in [5, 5.41) is 10.9. The number of halogens is 2. The first kappa shape index (κ1) is 32.7. The van der Waals surface area contributed by atoms with Crippen LogP contribution in [0.15, 0.2) is 72.8 Å². The monoisotopic (exact) mass is 597 g/mol. The predicted molar refractivity (Wildman–Crippen MR) is 169 cm³/mol. The molecule has 2 heterocycles. The van der Waals surface area contributed by atoms with Crippen LogP contribution >= 0.6 is 24.8 Å². The molecule has 1 fully saturated rings. The van der Waals surface area contributed by atoms with Crippen LogP contribution in [-0.2, 0) is 25.9 Å². The van der Waals surface area contributed by atoms with Crippen molar-refractivity contribution in [1.29, 1.82) is 0 Å². The summed E-state index contributed by atoms with van der Waals surface area (Å²) in [5.74, 6) is 0.951. The molecule has 0 aliphatic carbocycles. The molecule has 3 aromatic carbocycles. The Morgan fingerprint density at radius 3 is 2.05 bits per heavy atom. The molecule has 3 aromatic rings. The number of ketones is 1. The highest BCUT2D eigenvalue weighted by Gasteiger charge is 2.20. The summed E-state index contributed by atoms with van der Waals surface area (Å²) in [5.41, 5.74) is 6.23. The zero-order valence-electron chi connectivity index (χ0n) is 23.6. The van der Waals surface area contributed by atoms with Gasteiger partial charge in [-0.15, -0.1) is 24.8 Å². The molecule has 0 N–H and O–H groups in total. The minimum atomic E-state index is -0.354. The first-order valence-electron chi connectivity index (χ1n) is 14.4. The average Bonchev–Trinajstić information content (AvgIpc) is 3.16. The highest BCUT2D eigenvalue weighted by molar-refractivity contribution is 5.96. The highest BCUT2D eigenvalue weighted by Crippen LogP contribution is 2.25. The third-order valence-electron chi connectivity index (χ3n) is 8.45. The molecule has 0 aromatic heterocycles. The third kappa shape index (κ3) is 9.37. The SMILES string of the molecule is Cl.Cl.O=C(CCCC1CCN(Cc2ccc([N+](=O)[O-])cc2)CC1)c1ccc2c(c1)CCN(Cc1ccccc1)CC2. The topological polar surface area (TPSA) is 66.7 Å². The van der Waals surface area contributed by atoms with Gasteiger partial charge < -0.3 is 0 Å². The van der Waals surface area contributed by atoms with Gasteiger partial charge in [-0.2, -0.15) is 0 Å². The maximum Gasteiger partial charge on any atom is 0.269 e. The van der Waals surface area contributed by atoms with E-state index in [1.54, 1.807) is 12.1 Å². The average molecular weight is 599 g/mol.